The van der Waals surface area contributed by atoms with Crippen molar-refractivity contribution in [1.29, 1.82) is 0 Å². The molecule has 0 aliphatic heterocycles. The minimum absolute atomic E-state index is 0.0540. The van der Waals surface area contributed by atoms with E-state index < -0.39 is 47.9 Å². The zero-order valence-electron chi connectivity index (χ0n) is 21.3. The van der Waals surface area contributed by atoms with Gasteiger partial charge in [0.2, 0.25) is 17.7 Å². The van der Waals surface area contributed by atoms with Gasteiger partial charge in [0.05, 0.1) is 6.04 Å². The summed E-state index contributed by atoms with van der Waals surface area (Å²) in [5.41, 5.74) is 7.56. The molecule has 0 aliphatic rings. The van der Waals surface area contributed by atoms with Crippen LogP contribution in [0, 0.1) is 5.92 Å². The van der Waals surface area contributed by atoms with Crippen LogP contribution in [0.5, 0.6) is 0 Å². The lowest BCUT2D eigenvalue weighted by atomic mass is 10.0. The van der Waals surface area contributed by atoms with Crippen LogP contribution in [0.25, 0.3) is 10.9 Å². The number of thiol groups is 1. The number of carbonyl (C=O) groups excluding carboxylic acids is 3. The number of nitrogens with two attached hydrogens (primary N) is 1. The topological polar surface area (TPSA) is 166 Å². The Morgan fingerprint density at radius 2 is 1.65 bits per heavy atom. The fraction of sp³-hybridized carbons (Fsp3) is 0.520. The largest absolute Gasteiger partial charge is 0.480 e. The lowest BCUT2D eigenvalue weighted by molar-refractivity contribution is -0.142. The Morgan fingerprint density at radius 1 is 1.03 bits per heavy atom. The first-order valence-electron chi connectivity index (χ1n) is 12.1. The molecule has 37 heavy (non-hydrogen) atoms. The van der Waals surface area contributed by atoms with Crippen LogP contribution in [-0.4, -0.2) is 75.7 Å². The first-order chi connectivity index (χ1) is 17.6. The predicted molar refractivity (Wildman–Crippen MR) is 150 cm³/mol. The lowest BCUT2D eigenvalue weighted by Crippen LogP contribution is -2.58. The van der Waals surface area contributed by atoms with Crippen molar-refractivity contribution >= 4 is 59.0 Å². The van der Waals surface area contributed by atoms with E-state index in [2.05, 4.69) is 33.6 Å². The van der Waals surface area contributed by atoms with Crippen molar-refractivity contribution in [3.05, 3.63) is 36.0 Å². The van der Waals surface area contributed by atoms with Crippen LogP contribution in [-0.2, 0) is 25.6 Å². The van der Waals surface area contributed by atoms with Gasteiger partial charge in [-0.05, 0) is 42.4 Å². The highest BCUT2D eigenvalue weighted by atomic mass is 32.2. The fourth-order valence-corrected chi connectivity index (χ4v) is 4.59. The number of aliphatic carboxylic acids is 1. The number of hydrogen-bond acceptors (Lipinski definition) is 7. The average Bonchev–Trinajstić information content (AvgIpc) is 3.26. The van der Waals surface area contributed by atoms with E-state index in [1.807, 2.05) is 44.4 Å². The van der Waals surface area contributed by atoms with Crippen molar-refractivity contribution in [2.45, 2.75) is 57.3 Å². The maximum Gasteiger partial charge on any atom is 0.326 e. The van der Waals surface area contributed by atoms with E-state index in [1.165, 1.54) is 11.8 Å². The van der Waals surface area contributed by atoms with Crippen molar-refractivity contribution in [3.8, 4) is 0 Å². The summed E-state index contributed by atoms with van der Waals surface area (Å²) in [7, 11) is 0. The number of carboxylic acids is 1. The standard InChI is InChI=1S/C25H37N5O5S2/c1-14(2)10-17(26)22(31)28-19(8-9-37-3)23(32)30-21(13-36)24(33)29-20(25(34)35)11-15-12-27-18-7-5-4-6-16(15)18/h4-7,12,14,17,19-21,27,36H,8-11,13,26H2,1-3H3,(H,28,31)(H,29,33)(H,30,32)(H,34,35). The Labute approximate surface area is 226 Å². The number of rotatable bonds is 15. The van der Waals surface area contributed by atoms with Gasteiger partial charge in [-0.25, -0.2) is 4.79 Å². The highest BCUT2D eigenvalue weighted by Gasteiger charge is 2.30. The molecule has 12 heteroatoms. The second-order valence-electron chi connectivity index (χ2n) is 9.29. The van der Waals surface area contributed by atoms with Gasteiger partial charge >= 0.3 is 5.97 Å². The second kappa shape index (κ2) is 14.9. The van der Waals surface area contributed by atoms with Crippen LogP contribution < -0.4 is 21.7 Å². The Morgan fingerprint density at radius 3 is 2.27 bits per heavy atom. The van der Waals surface area contributed by atoms with Crippen LogP contribution in [0.15, 0.2) is 30.5 Å². The number of benzene rings is 1. The van der Waals surface area contributed by atoms with Gasteiger partial charge in [-0.2, -0.15) is 24.4 Å². The molecular weight excluding hydrogens is 514 g/mol. The van der Waals surface area contributed by atoms with Gasteiger partial charge < -0.3 is 31.8 Å². The first-order valence-corrected chi connectivity index (χ1v) is 14.1. The maximum atomic E-state index is 13.0. The van der Waals surface area contributed by atoms with Gasteiger partial charge in [0.15, 0.2) is 0 Å². The van der Waals surface area contributed by atoms with E-state index in [0.29, 0.717) is 18.6 Å². The molecule has 4 unspecified atom stereocenters. The number of hydrogen-bond donors (Lipinski definition) is 7. The third kappa shape index (κ3) is 9.28. The molecule has 1 heterocycles. The SMILES string of the molecule is CSCCC(NC(=O)C(N)CC(C)C)C(=O)NC(CS)C(=O)NC(Cc1c[nH]c2ccccc12)C(=O)O. The summed E-state index contributed by atoms with van der Waals surface area (Å²) in [5, 5.41) is 18.4. The summed E-state index contributed by atoms with van der Waals surface area (Å²) < 4.78 is 0. The molecule has 1 aromatic heterocycles. The van der Waals surface area contributed by atoms with Crippen LogP contribution in [0.4, 0.5) is 0 Å². The van der Waals surface area contributed by atoms with Crippen LogP contribution in [0.1, 0.15) is 32.3 Å². The lowest BCUT2D eigenvalue weighted by Gasteiger charge is -2.24. The quantitative estimate of drug-likeness (QED) is 0.164. The molecule has 204 valence electrons. The minimum atomic E-state index is -1.22. The van der Waals surface area contributed by atoms with Gasteiger partial charge in [0, 0.05) is 29.3 Å². The molecule has 0 radical (unpaired) electrons. The van der Waals surface area contributed by atoms with Crippen molar-refractivity contribution < 1.29 is 24.3 Å². The van der Waals surface area contributed by atoms with Crippen molar-refractivity contribution in [1.82, 2.24) is 20.9 Å². The van der Waals surface area contributed by atoms with Crippen LogP contribution in [0.2, 0.25) is 0 Å². The summed E-state index contributed by atoms with van der Waals surface area (Å²) in [4.78, 5) is 53.5. The minimum Gasteiger partial charge on any atom is -0.480 e. The fourth-order valence-electron chi connectivity index (χ4n) is 3.86. The Kier molecular flexibility index (Phi) is 12.3. The molecule has 0 spiro atoms. The highest BCUT2D eigenvalue weighted by Crippen LogP contribution is 2.19. The third-order valence-electron chi connectivity index (χ3n) is 5.83. The molecule has 7 N–H and O–H groups in total. The Hall–Kier alpha value is -2.70. The van der Waals surface area contributed by atoms with E-state index >= 15 is 0 Å². The Bertz CT molecular complexity index is 1080. The number of aromatic amines is 1. The molecule has 0 bridgehead atoms. The van der Waals surface area contributed by atoms with Crippen LogP contribution in [0.3, 0.4) is 0 Å². The van der Waals surface area contributed by atoms with E-state index in [9.17, 15) is 24.3 Å². The maximum absolute atomic E-state index is 13.0. The van der Waals surface area contributed by atoms with Gasteiger partial charge in [-0.15, -0.1) is 0 Å². The molecule has 1 aromatic carbocycles. The number of carboxylic acid groups (broad SMARTS) is 1. The molecule has 0 aliphatic carbocycles. The number of para-hydroxylation sites is 1. The number of amides is 3. The second-order valence-corrected chi connectivity index (χ2v) is 10.6. The van der Waals surface area contributed by atoms with Crippen LogP contribution >= 0.6 is 24.4 Å². The zero-order chi connectivity index (χ0) is 27.5. The molecule has 0 saturated carbocycles. The average molecular weight is 552 g/mol. The van der Waals surface area contributed by atoms with Gasteiger partial charge in [-0.3, -0.25) is 14.4 Å². The number of H-pyrrole nitrogens is 1. The van der Waals surface area contributed by atoms with Crippen molar-refractivity contribution in [2.75, 3.05) is 17.8 Å². The summed E-state index contributed by atoms with van der Waals surface area (Å²) in [6, 6.07) is 3.50. The summed E-state index contributed by atoms with van der Waals surface area (Å²) >= 11 is 5.69. The zero-order valence-corrected chi connectivity index (χ0v) is 23.0. The third-order valence-corrected chi connectivity index (χ3v) is 6.84. The van der Waals surface area contributed by atoms with E-state index in [1.54, 1.807) is 6.20 Å². The van der Waals surface area contributed by atoms with E-state index in [-0.39, 0.29) is 18.1 Å². The van der Waals surface area contributed by atoms with Gasteiger partial charge in [0.25, 0.3) is 0 Å². The van der Waals surface area contributed by atoms with Gasteiger partial charge in [0.1, 0.15) is 18.1 Å². The molecular formula is C25H37N5O5S2. The number of thioether (sulfide) groups is 1. The molecule has 2 rings (SSSR count). The number of carbonyl (C=O) groups is 4. The molecule has 0 saturated heterocycles. The van der Waals surface area contributed by atoms with Gasteiger partial charge in [-0.1, -0.05) is 32.0 Å². The van der Waals surface area contributed by atoms with E-state index in [0.717, 1.165) is 16.5 Å². The monoisotopic (exact) mass is 551 g/mol. The number of fused-ring (bicyclic) bond motifs is 1. The van der Waals surface area contributed by atoms with Crippen molar-refractivity contribution in [3.63, 3.8) is 0 Å². The molecule has 3 amide bonds. The summed E-state index contributed by atoms with van der Waals surface area (Å²) in [5.74, 6) is -2.13. The molecule has 0 fully saturated rings. The first kappa shape index (κ1) is 30.5. The normalized spacial score (nSPS) is 14.5. The number of nitrogens with one attached hydrogen (secondary N) is 4. The Balaban J connectivity index is 2.07. The van der Waals surface area contributed by atoms with E-state index in [4.69, 9.17) is 5.73 Å². The highest BCUT2D eigenvalue weighted by molar-refractivity contribution is 7.98. The smallest absolute Gasteiger partial charge is 0.326 e. The molecule has 4 atom stereocenters. The number of aromatic nitrogens is 1. The summed E-state index contributed by atoms with van der Waals surface area (Å²) in [6.45, 7) is 3.90. The van der Waals surface area contributed by atoms with Crippen molar-refractivity contribution in [2.24, 2.45) is 11.7 Å². The summed E-state index contributed by atoms with van der Waals surface area (Å²) in [6.07, 6.45) is 4.46. The molecule has 10 nitrogen and oxygen atoms in total. The molecule has 2 aromatic rings. The predicted octanol–water partition coefficient (Wildman–Crippen LogP) is 1.31.